The minimum Gasteiger partial charge on any atom is -0.353 e. The quantitative estimate of drug-likeness (QED) is 0.513. The molecule has 1 aromatic rings. The number of anilines is 1. The fourth-order valence-corrected chi connectivity index (χ4v) is 5.52. The highest BCUT2D eigenvalue weighted by molar-refractivity contribution is 7.91. The molecule has 2 aliphatic rings. The molecular formula is C20H30N4O3S. The second-order valence-electron chi connectivity index (χ2n) is 7.69. The molecule has 3 rings (SSSR count). The molecule has 3 N–H and O–H groups in total. The maximum atomic E-state index is 12.4. The van der Waals surface area contributed by atoms with Crippen molar-refractivity contribution in [3.05, 3.63) is 29.8 Å². The number of carbonyl (C=O) groups is 1. The second kappa shape index (κ2) is 9.41. The topological polar surface area (TPSA) is 99.7 Å². The molecule has 0 bridgehead atoms. The summed E-state index contributed by atoms with van der Waals surface area (Å²) < 4.78 is 23.2. The van der Waals surface area contributed by atoms with Crippen LogP contribution < -0.4 is 16.0 Å². The molecular weight excluding hydrogens is 376 g/mol. The van der Waals surface area contributed by atoms with Gasteiger partial charge in [0.05, 0.1) is 11.5 Å². The summed E-state index contributed by atoms with van der Waals surface area (Å²) in [5.41, 5.74) is 1.82. The Hall–Kier alpha value is -2.09. The summed E-state index contributed by atoms with van der Waals surface area (Å²) >= 11 is 0. The third-order valence-corrected chi connectivity index (χ3v) is 7.20. The standard InChI is InChI=1S/C20H30N4O3S/c1-21-20(24-18-10-11-28(26,27)14-18)22-13-15-6-5-9-17(12-15)23-19(25)16-7-3-2-4-8-16/h5-6,9,12,16,18H,2-4,7-8,10-11,13-14H2,1H3,(H,23,25)(H2,21,22,24). The van der Waals surface area contributed by atoms with Gasteiger partial charge in [0, 0.05) is 31.2 Å². The van der Waals surface area contributed by atoms with Crippen LogP contribution in [0, 0.1) is 5.92 Å². The van der Waals surface area contributed by atoms with Crippen molar-refractivity contribution in [1.29, 1.82) is 0 Å². The summed E-state index contributed by atoms with van der Waals surface area (Å²) in [6, 6.07) is 7.67. The van der Waals surface area contributed by atoms with E-state index in [9.17, 15) is 13.2 Å². The number of carbonyl (C=O) groups excluding carboxylic acids is 1. The van der Waals surface area contributed by atoms with E-state index in [1.165, 1.54) is 6.42 Å². The van der Waals surface area contributed by atoms with E-state index in [0.29, 0.717) is 18.9 Å². The SMILES string of the molecule is CN=C(NCc1cccc(NC(=O)C2CCCCC2)c1)NC1CCS(=O)(=O)C1. The van der Waals surface area contributed by atoms with E-state index in [4.69, 9.17) is 0 Å². The first-order valence-electron chi connectivity index (χ1n) is 10.0. The number of nitrogens with zero attached hydrogens (tertiary/aromatic N) is 1. The lowest BCUT2D eigenvalue weighted by molar-refractivity contribution is -0.120. The van der Waals surface area contributed by atoms with Gasteiger partial charge in [0.2, 0.25) is 5.91 Å². The van der Waals surface area contributed by atoms with Gasteiger partial charge in [0.25, 0.3) is 0 Å². The molecule has 1 atom stereocenters. The number of hydrogen-bond acceptors (Lipinski definition) is 4. The number of benzene rings is 1. The molecule has 1 aliphatic heterocycles. The largest absolute Gasteiger partial charge is 0.353 e. The Morgan fingerprint density at radius 3 is 2.64 bits per heavy atom. The number of nitrogens with one attached hydrogen (secondary N) is 3. The molecule has 8 heteroatoms. The zero-order valence-electron chi connectivity index (χ0n) is 16.4. The molecule has 0 aromatic heterocycles. The first kappa shape index (κ1) is 20.6. The average molecular weight is 407 g/mol. The Balaban J connectivity index is 1.51. The summed E-state index contributed by atoms with van der Waals surface area (Å²) in [6.45, 7) is 0.534. The normalized spacial score (nSPS) is 22.6. The molecule has 1 aromatic carbocycles. The first-order chi connectivity index (χ1) is 13.4. The van der Waals surface area contributed by atoms with Gasteiger partial charge < -0.3 is 16.0 Å². The van der Waals surface area contributed by atoms with Crippen LogP contribution >= 0.6 is 0 Å². The van der Waals surface area contributed by atoms with E-state index in [-0.39, 0.29) is 29.4 Å². The minimum absolute atomic E-state index is 0.0997. The van der Waals surface area contributed by atoms with Gasteiger partial charge in [-0.05, 0) is 37.0 Å². The number of aliphatic imine (C=N–C) groups is 1. The van der Waals surface area contributed by atoms with Crippen molar-refractivity contribution in [3.63, 3.8) is 0 Å². The predicted octanol–water partition coefficient (Wildman–Crippen LogP) is 2.06. The Morgan fingerprint density at radius 1 is 1.18 bits per heavy atom. The first-order valence-corrected chi connectivity index (χ1v) is 11.8. The second-order valence-corrected chi connectivity index (χ2v) is 9.92. The van der Waals surface area contributed by atoms with Crippen LogP contribution in [-0.2, 0) is 21.2 Å². The molecule has 2 fully saturated rings. The maximum Gasteiger partial charge on any atom is 0.227 e. The lowest BCUT2D eigenvalue weighted by atomic mass is 9.88. The lowest BCUT2D eigenvalue weighted by Crippen LogP contribution is -2.43. The third kappa shape index (κ3) is 5.95. The molecule has 1 aliphatic carbocycles. The molecule has 0 spiro atoms. The minimum atomic E-state index is -2.93. The summed E-state index contributed by atoms with van der Waals surface area (Å²) in [4.78, 5) is 16.6. The van der Waals surface area contributed by atoms with Crippen LogP contribution in [0.15, 0.2) is 29.3 Å². The van der Waals surface area contributed by atoms with Crippen molar-refractivity contribution in [1.82, 2.24) is 10.6 Å². The highest BCUT2D eigenvalue weighted by Crippen LogP contribution is 2.25. The number of amides is 1. The third-order valence-electron chi connectivity index (χ3n) is 5.43. The molecule has 28 heavy (non-hydrogen) atoms. The summed E-state index contributed by atoms with van der Waals surface area (Å²) in [5.74, 6) is 1.20. The van der Waals surface area contributed by atoms with Crippen LogP contribution in [0.5, 0.6) is 0 Å². The molecule has 1 amide bonds. The van der Waals surface area contributed by atoms with Crippen molar-refractivity contribution >= 4 is 27.4 Å². The number of sulfone groups is 1. The van der Waals surface area contributed by atoms with Gasteiger partial charge in [-0.3, -0.25) is 9.79 Å². The van der Waals surface area contributed by atoms with Gasteiger partial charge in [-0.2, -0.15) is 0 Å². The number of hydrogen-bond donors (Lipinski definition) is 3. The zero-order chi connectivity index (χ0) is 20.0. The molecule has 1 heterocycles. The van der Waals surface area contributed by atoms with Crippen LogP contribution in [-0.4, -0.2) is 44.9 Å². The van der Waals surface area contributed by atoms with Gasteiger partial charge >= 0.3 is 0 Å². The highest BCUT2D eigenvalue weighted by Gasteiger charge is 2.28. The molecule has 1 saturated carbocycles. The van der Waals surface area contributed by atoms with Crippen molar-refractivity contribution in [2.24, 2.45) is 10.9 Å². The van der Waals surface area contributed by atoms with Gasteiger partial charge in [-0.15, -0.1) is 0 Å². The summed E-state index contributed by atoms with van der Waals surface area (Å²) in [7, 11) is -1.26. The highest BCUT2D eigenvalue weighted by atomic mass is 32.2. The van der Waals surface area contributed by atoms with Crippen molar-refractivity contribution in [3.8, 4) is 0 Å². The fourth-order valence-electron chi connectivity index (χ4n) is 3.85. The summed E-state index contributed by atoms with van der Waals surface area (Å²) in [5, 5.41) is 9.43. The monoisotopic (exact) mass is 406 g/mol. The van der Waals surface area contributed by atoms with Crippen molar-refractivity contribution in [2.75, 3.05) is 23.9 Å². The van der Waals surface area contributed by atoms with Gasteiger partial charge in [0.1, 0.15) is 0 Å². The number of guanidine groups is 1. The van der Waals surface area contributed by atoms with Crippen LogP contribution in [0.3, 0.4) is 0 Å². The number of rotatable bonds is 5. The predicted molar refractivity (Wildman–Crippen MR) is 112 cm³/mol. The van der Waals surface area contributed by atoms with Crippen LogP contribution in [0.2, 0.25) is 0 Å². The molecule has 1 saturated heterocycles. The Kier molecular flexibility index (Phi) is 6.93. The van der Waals surface area contributed by atoms with E-state index < -0.39 is 9.84 Å². The van der Waals surface area contributed by atoms with E-state index in [2.05, 4.69) is 20.9 Å². The Labute approximate surface area is 167 Å². The maximum absolute atomic E-state index is 12.4. The van der Waals surface area contributed by atoms with Gasteiger partial charge in [-0.1, -0.05) is 31.4 Å². The smallest absolute Gasteiger partial charge is 0.227 e. The molecule has 7 nitrogen and oxygen atoms in total. The Bertz CT molecular complexity index is 816. The van der Waals surface area contributed by atoms with Crippen molar-refractivity contribution < 1.29 is 13.2 Å². The van der Waals surface area contributed by atoms with Crippen LogP contribution in [0.25, 0.3) is 0 Å². The molecule has 0 radical (unpaired) electrons. The van der Waals surface area contributed by atoms with Crippen LogP contribution in [0.4, 0.5) is 5.69 Å². The fraction of sp³-hybridized carbons (Fsp3) is 0.600. The van der Waals surface area contributed by atoms with E-state index >= 15 is 0 Å². The van der Waals surface area contributed by atoms with Gasteiger partial charge in [0.15, 0.2) is 15.8 Å². The molecule has 154 valence electrons. The molecule has 1 unspecified atom stereocenters. The van der Waals surface area contributed by atoms with E-state index in [1.54, 1.807) is 7.05 Å². The van der Waals surface area contributed by atoms with E-state index in [0.717, 1.165) is 36.9 Å². The van der Waals surface area contributed by atoms with E-state index in [1.807, 2.05) is 24.3 Å². The summed E-state index contributed by atoms with van der Waals surface area (Å²) in [6.07, 6.45) is 6.06. The van der Waals surface area contributed by atoms with Crippen LogP contribution in [0.1, 0.15) is 44.1 Å². The van der Waals surface area contributed by atoms with Crippen molar-refractivity contribution in [2.45, 2.75) is 51.1 Å². The van der Waals surface area contributed by atoms with Gasteiger partial charge in [-0.25, -0.2) is 8.42 Å². The zero-order valence-corrected chi connectivity index (χ0v) is 17.2. The average Bonchev–Trinajstić information content (AvgIpc) is 3.04. The lowest BCUT2D eigenvalue weighted by Gasteiger charge is -2.21. The Morgan fingerprint density at radius 2 is 1.96 bits per heavy atom.